The third kappa shape index (κ3) is 3.05. The van der Waals surface area contributed by atoms with E-state index in [1.54, 1.807) is 24.4 Å². The molecule has 0 bridgehead atoms. The van der Waals surface area contributed by atoms with Crippen LogP contribution in [0.5, 0.6) is 0 Å². The molecule has 0 spiro atoms. The van der Waals surface area contributed by atoms with Crippen LogP contribution in [-0.4, -0.2) is 33.9 Å². The number of nitriles is 1. The van der Waals surface area contributed by atoms with E-state index in [4.69, 9.17) is 0 Å². The van der Waals surface area contributed by atoms with Crippen LogP contribution in [0.4, 0.5) is 11.8 Å². The monoisotopic (exact) mass is 364 g/mol. The number of anilines is 2. The summed E-state index contributed by atoms with van der Waals surface area (Å²) in [5.41, 5.74) is 0.450. The molecule has 2 aromatic rings. The summed E-state index contributed by atoms with van der Waals surface area (Å²) in [5, 5.41) is 12.2. The van der Waals surface area contributed by atoms with E-state index in [9.17, 15) is 14.9 Å². The minimum Gasteiger partial charge on any atom is -0.342 e. The quantitative estimate of drug-likeness (QED) is 0.837. The number of aromatic nitrogens is 3. The van der Waals surface area contributed by atoms with Gasteiger partial charge in [0.2, 0.25) is 11.9 Å². The third-order valence-corrected chi connectivity index (χ3v) is 5.34. The molecule has 1 amide bonds. The summed E-state index contributed by atoms with van der Waals surface area (Å²) >= 11 is 0. The van der Waals surface area contributed by atoms with Crippen molar-refractivity contribution in [2.24, 2.45) is 11.8 Å². The number of nitrogens with one attached hydrogen (secondary N) is 2. The Kier molecular flexibility index (Phi) is 4.36. The average molecular weight is 364 g/mol. The summed E-state index contributed by atoms with van der Waals surface area (Å²) in [6.45, 7) is 3.82. The zero-order valence-electron chi connectivity index (χ0n) is 15.0. The van der Waals surface area contributed by atoms with Gasteiger partial charge in [-0.05, 0) is 30.9 Å². The number of pyridine rings is 1. The van der Waals surface area contributed by atoms with Crippen molar-refractivity contribution in [1.29, 1.82) is 5.26 Å². The molecule has 0 radical (unpaired) electrons. The topological polar surface area (TPSA) is 115 Å². The SMILES string of the molecule is CC1CCN(c2nc3c(c(=O)[nH]2)C(c2ccccn2)C(C#N)C(=O)N3)CC1. The number of hydrogen-bond donors (Lipinski definition) is 2. The molecule has 2 aromatic heterocycles. The Morgan fingerprint density at radius 1 is 1.26 bits per heavy atom. The number of carbonyl (C=O) groups excluding carboxylic acids is 1. The second kappa shape index (κ2) is 6.83. The van der Waals surface area contributed by atoms with E-state index in [-0.39, 0.29) is 16.9 Å². The summed E-state index contributed by atoms with van der Waals surface area (Å²) in [7, 11) is 0. The summed E-state index contributed by atoms with van der Waals surface area (Å²) in [6, 6.07) is 7.25. The Bertz CT molecular complexity index is 956. The molecule has 4 heterocycles. The number of rotatable bonds is 2. The lowest BCUT2D eigenvalue weighted by Gasteiger charge is -2.32. The van der Waals surface area contributed by atoms with E-state index in [2.05, 4.69) is 27.2 Å². The highest BCUT2D eigenvalue weighted by Crippen LogP contribution is 2.37. The largest absolute Gasteiger partial charge is 0.342 e. The fraction of sp³-hybridized carbons (Fsp3) is 0.421. The van der Waals surface area contributed by atoms with Crippen molar-refractivity contribution in [3.05, 3.63) is 46.0 Å². The first kappa shape index (κ1) is 17.2. The maximum Gasteiger partial charge on any atom is 0.258 e. The zero-order valence-corrected chi connectivity index (χ0v) is 15.0. The van der Waals surface area contributed by atoms with Crippen LogP contribution >= 0.6 is 0 Å². The molecule has 2 unspecified atom stereocenters. The Morgan fingerprint density at radius 2 is 2.04 bits per heavy atom. The predicted molar refractivity (Wildman–Crippen MR) is 99.3 cm³/mol. The molecule has 2 aliphatic rings. The van der Waals surface area contributed by atoms with Gasteiger partial charge in [0.1, 0.15) is 11.7 Å². The average Bonchev–Trinajstić information content (AvgIpc) is 2.68. The highest BCUT2D eigenvalue weighted by atomic mass is 16.2. The van der Waals surface area contributed by atoms with Gasteiger partial charge < -0.3 is 10.2 Å². The summed E-state index contributed by atoms with van der Waals surface area (Å²) < 4.78 is 0. The molecule has 1 fully saturated rings. The second-order valence-electron chi connectivity index (χ2n) is 7.15. The van der Waals surface area contributed by atoms with Crippen LogP contribution in [0.15, 0.2) is 29.2 Å². The maximum absolute atomic E-state index is 12.9. The minimum absolute atomic E-state index is 0.222. The fourth-order valence-corrected chi connectivity index (χ4v) is 3.75. The first-order valence-electron chi connectivity index (χ1n) is 9.09. The molecule has 4 rings (SSSR count). The molecule has 138 valence electrons. The number of carbonyl (C=O) groups is 1. The fourth-order valence-electron chi connectivity index (χ4n) is 3.75. The molecular weight excluding hydrogens is 344 g/mol. The normalized spacial score (nSPS) is 22.7. The van der Waals surface area contributed by atoms with Gasteiger partial charge in [-0.2, -0.15) is 10.2 Å². The summed E-state index contributed by atoms with van der Waals surface area (Å²) in [6.07, 6.45) is 3.64. The van der Waals surface area contributed by atoms with Crippen molar-refractivity contribution in [1.82, 2.24) is 15.0 Å². The Labute approximate surface area is 156 Å². The van der Waals surface area contributed by atoms with E-state index >= 15 is 0 Å². The van der Waals surface area contributed by atoms with Crippen molar-refractivity contribution >= 4 is 17.7 Å². The van der Waals surface area contributed by atoms with E-state index in [0.29, 0.717) is 17.6 Å². The lowest BCUT2D eigenvalue weighted by atomic mass is 9.81. The van der Waals surface area contributed by atoms with E-state index in [1.807, 2.05) is 11.0 Å². The van der Waals surface area contributed by atoms with Crippen molar-refractivity contribution in [3.8, 4) is 6.07 Å². The molecule has 8 heteroatoms. The highest BCUT2D eigenvalue weighted by molar-refractivity contribution is 5.97. The number of H-pyrrole nitrogens is 1. The van der Waals surface area contributed by atoms with Gasteiger partial charge in [-0.3, -0.25) is 19.6 Å². The van der Waals surface area contributed by atoms with Gasteiger partial charge in [0.05, 0.1) is 23.2 Å². The molecule has 8 nitrogen and oxygen atoms in total. The number of hydrogen-bond acceptors (Lipinski definition) is 6. The molecule has 2 atom stereocenters. The molecule has 2 N–H and O–H groups in total. The standard InChI is InChI=1S/C19H20N6O2/c1-11-5-8-25(9-6-11)19-23-16-15(18(27)24-19)14(12(10-20)17(26)22-16)13-4-2-3-7-21-13/h2-4,7,11-12,14H,5-6,8-9H2,1H3,(H2,22,23,24,26,27). The number of aromatic amines is 1. The molecule has 0 aliphatic carbocycles. The molecule has 0 aromatic carbocycles. The van der Waals surface area contributed by atoms with Gasteiger partial charge >= 0.3 is 0 Å². The molecule has 0 saturated carbocycles. The van der Waals surface area contributed by atoms with Gasteiger partial charge in [-0.25, -0.2) is 0 Å². The Morgan fingerprint density at radius 3 is 2.70 bits per heavy atom. The zero-order chi connectivity index (χ0) is 19.0. The van der Waals surface area contributed by atoms with Gasteiger partial charge in [-0.1, -0.05) is 13.0 Å². The predicted octanol–water partition coefficient (Wildman–Crippen LogP) is 1.62. The van der Waals surface area contributed by atoms with E-state index in [1.165, 1.54) is 0 Å². The minimum atomic E-state index is -1.03. The van der Waals surface area contributed by atoms with Crippen LogP contribution in [0.2, 0.25) is 0 Å². The van der Waals surface area contributed by atoms with Gasteiger partial charge in [0, 0.05) is 19.3 Å². The Hall–Kier alpha value is -3.21. The van der Waals surface area contributed by atoms with Crippen molar-refractivity contribution < 1.29 is 4.79 Å². The Balaban J connectivity index is 1.80. The molecular formula is C19H20N6O2. The van der Waals surface area contributed by atoms with E-state index < -0.39 is 17.7 Å². The number of nitrogens with zero attached hydrogens (tertiary/aromatic N) is 4. The van der Waals surface area contributed by atoms with Crippen LogP contribution in [0.1, 0.15) is 36.9 Å². The van der Waals surface area contributed by atoms with Crippen LogP contribution in [0.25, 0.3) is 0 Å². The highest BCUT2D eigenvalue weighted by Gasteiger charge is 2.41. The van der Waals surface area contributed by atoms with Crippen molar-refractivity contribution in [2.45, 2.75) is 25.7 Å². The van der Waals surface area contributed by atoms with Crippen LogP contribution in [0.3, 0.4) is 0 Å². The maximum atomic E-state index is 12.9. The summed E-state index contributed by atoms with van der Waals surface area (Å²) in [5.74, 6) is -0.906. The van der Waals surface area contributed by atoms with Crippen LogP contribution in [0, 0.1) is 23.2 Å². The van der Waals surface area contributed by atoms with Gasteiger partial charge in [0.25, 0.3) is 5.56 Å². The number of piperidine rings is 1. The third-order valence-electron chi connectivity index (χ3n) is 5.34. The lowest BCUT2D eigenvalue weighted by molar-refractivity contribution is -0.119. The van der Waals surface area contributed by atoms with Gasteiger partial charge in [0.15, 0.2) is 0 Å². The first-order chi connectivity index (χ1) is 13.1. The van der Waals surface area contributed by atoms with E-state index in [0.717, 1.165) is 25.9 Å². The summed E-state index contributed by atoms with van der Waals surface area (Å²) in [4.78, 5) is 39.1. The first-order valence-corrected chi connectivity index (χ1v) is 9.09. The van der Waals surface area contributed by atoms with Crippen molar-refractivity contribution in [2.75, 3.05) is 23.3 Å². The van der Waals surface area contributed by atoms with Crippen molar-refractivity contribution in [3.63, 3.8) is 0 Å². The second-order valence-corrected chi connectivity index (χ2v) is 7.15. The number of amides is 1. The van der Waals surface area contributed by atoms with Gasteiger partial charge in [-0.15, -0.1) is 0 Å². The lowest BCUT2D eigenvalue weighted by Crippen LogP contribution is -2.40. The molecule has 1 saturated heterocycles. The number of fused-ring (bicyclic) bond motifs is 1. The molecule has 27 heavy (non-hydrogen) atoms. The smallest absolute Gasteiger partial charge is 0.258 e. The molecule has 2 aliphatic heterocycles. The van der Waals surface area contributed by atoms with Crippen LogP contribution < -0.4 is 15.8 Å². The van der Waals surface area contributed by atoms with Crippen LogP contribution in [-0.2, 0) is 4.79 Å².